The summed E-state index contributed by atoms with van der Waals surface area (Å²) in [4.78, 5) is 10.9. The van der Waals surface area contributed by atoms with Gasteiger partial charge in [0, 0.05) is 42.7 Å². The predicted molar refractivity (Wildman–Crippen MR) is 127 cm³/mol. The number of hydrogen-bond acceptors (Lipinski definition) is 3. The molecule has 0 aliphatic carbocycles. The highest BCUT2D eigenvalue weighted by Gasteiger charge is 2.42. The number of benzene rings is 1. The summed E-state index contributed by atoms with van der Waals surface area (Å²) in [5.41, 5.74) is 4.52. The topological polar surface area (TPSA) is 46.0 Å². The van der Waals surface area contributed by atoms with Crippen molar-refractivity contribution in [1.82, 2.24) is 19.9 Å². The Labute approximate surface area is 191 Å². The van der Waals surface area contributed by atoms with Crippen molar-refractivity contribution in [2.75, 3.05) is 4.90 Å². The summed E-state index contributed by atoms with van der Waals surface area (Å²) in [5, 5.41) is 4.05. The molecule has 1 aromatic carbocycles. The lowest BCUT2D eigenvalue weighted by molar-refractivity contribution is 0.533. The first-order chi connectivity index (χ1) is 15.6. The smallest absolute Gasteiger partial charge is 0.174 e. The Kier molecular flexibility index (Phi) is 5.41. The molecule has 4 heterocycles. The quantitative estimate of drug-likeness (QED) is 0.442. The normalized spacial score (nSPS) is 18.1. The fourth-order valence-electron chi connectivity index (χ4n) is 4.24. The molecule has 0 bridgehead atoms. The lowest BCUT2D eigenvalue weighted by Gasteiger charge is -2.29. The number of rotatable bonds is 5. The van der Waals surface area contributed by atoms with E-state index < -0.39 is 0 Å². The van der Waals surface area contributed by atoms with Gasteiger partial charge in [-0.15, -0.1) is 0 Å². The first kappa shape index (κ1) is 20.3. The Morgan fingerprint density at radius 1 is 1.06 bits per heavy atom. The maximum Gasteiger partial charge on any atom is 0.174 e. The minimum absolute atomic E-state index is 0.156. The van der Waals surface area contributed by atoms with Gasteiger partial charge in [0.1, 0.15) is 11.9 Å². The number of hydrogen-bond donors (Lipinski definition) is 1. The molecular weight excluding hydrogens is 421 g/mol. The number of thiocarbonyl (C=S) groups is 1. The van der Waals surface area contributed by atoms with Gasteiger partial charge in [0.2, 0.25) is 0 Å². The van der Waals surface area contributed by atoms with Gasteiger partial charge in [-0.05, 0) is 78.8 Å². The highest BCUT2D eigenvalue weighted by molar-refractivity contribution is 7.80. The van der Waals surface area contributed by atoms with Gasteiger partial charge >= 0.3 is 0 Å². The Morgan fingerprint density at radius 2 is 1.97 bits per heavy atom. The third-order valence-corrected chi connectivity index (χ3v) is 6.08. The summed E-state index contributed by atoms with van der Waals surface area (Å²) in [6.45, 7) is 2.45. The summed E-state index contributed by atoms with van der Waals surface area (Å²) < 4.78 is 16.2. The molecule has 1 saturated heterocycles. The molecule has 0 unspecified atom stereocenters. The lowest BCUT2D eigenvalue weighted by Crippen LogP contribution is -2.30. The first-order valence-corrected chi connectivity index (χ1v) is 10.8. The Bertz CT molecular complexity index is 1240. The molecule has 5 rings (SSSR count). The SMILES string of the molecule is Cc1cc(N2C(=S)N[C@H](c3ccccn3)[C@H]2c2cccn2Cc2cccnc2)ccc1F. The zero-order chi connectivity index (χ0) is 22.1. The van der Waals surface area contributed by atoms with E-state index in [0.29, 0.717) is 17.2 Å². The monoisotopic (exact) mass is 443 g/mol. The van der Waals surface area contributed by atoms with Crippen LogP contribution in [0.25, 0.3) is 0 Å². The van der Waals surface area contributed by atoms with Crippen LogP contribution in [0, 0.1) is 12.7 Å². The summed E-state index contributed by atoms with van der Waals surface area (Å²) >= 11 is 5.77. The van der Waals surface area contributed by atoms with Crippen LogP contribution in [0.1, 0.15) is 34.6 Å². The second-order valence-electron chi connectivity index (χ2n) is 7.85. The molecule has 4 aromatic rings. The second kappa shape index (κ2) is 8.51. The number of aromatic nitrogens is 3. The van der Waals surface area contributed by atoms with Gasteiger partial charge in [-0.25, -0.2) is 4.39 Å². The minimum Gasteiger partial charge on any atom is -0.351 e. The maximum atomic E-state index is 14.0. The molecule has 0 spiro atoms. The molecule has 5 nitrogen and oxygen atoms in total. The highest BCUT2D eigenvalue weighted by Crippen LogP contribution is 2.42. The fraction of sp³-hybridized carbons (Fsp3) is 0.160. The number of aryl methyl sites for hydroxylation is 1. The van der Waals surface area contributed by atoms with Crippen molar-refractivity contribution in [3.63, 3.8) is 0 Å². The molecule has 0 saturated carbocycles. The minimum atomic E-state index is -0.232. The third kappa shape index (κ3) is 3.76. The first-order valence-electron chi connectivity index (χ1n) is 10.4. The van der Waals surface area contributed by atoms with Crippen LogP contribution in [0.5, 0.6) is 0 Å². The van der Waals surface area contributed by atoms with Crippen LogP contribution in [0.4, 0.5) is 10.1 Å². The van der Waals surface area contributed by atoms with Gasteiger partial charge in [0.15, 0.2) is 5.11 Å². The number of nitrogens with zero attached hydrogens (tertiary/aromatic N) is 4. The Hall–Kier alpha value is -3.58. The summed E-state index contributed by atoms with van der Waals surface area (Å²) in [7, 11) is 0. The molecule has 32 heavy (non-hydrogen) atoms. The van der Waals surface area contributed by atoms with Crippen molar-refractivity contribution in [3.8, 4) is 0 Å². The van der Waals surface area contributed by atoms with Gasteiger partial charge < -0.3 is 14.8 Å². The zero-order valence-electron chi connectivity index (χ0n) is 17.5. The van der Waals surface area contributed by atoms with Crippen LogP contribution in [0.15, 0.2) is 85.5 Å². The highest BCUT2D eigenvalue weighted by atomic mass is 32.1. The van der Waals surface area contributed by atoms with Crippen LogP contribution >= 0.6 is 12.2 Å². The molecule has 1 aliphatic rings. The zero-order valence-corrected chi connectivity index (χ0v) is 18.3. The fourth-order valence-corrected chi connectivity index (χ4v) is 4.59. The van der Waals surface area contributed by atoms with Gasteiger partial charge in [-0.2, -0.15) is 0 Å². The van der Waals surface area contributed by atoms with Gasteiger partial charge in [-0.3, -0.25) is 9.97 Å². The summed E-state index contributed by atoms with van der Waals surface area (Å²) in [6.07, 6.45) is 7.50. The summed E-state index contributed by atoms with van der Waals surface area (Å²) in [6, 6.07) is 18.8. The largest absolute Gasteiger partial charge is 0.351 e. The van der Waals surface area contributed by atoms with E-state index in [1.54, 1.807) is 25.4 Å². The number of halogens is 1. The Morgan fingerprint density at radius 3 is 2.72 bits per heavy atom. The molecule has 3 aromatic heterocycles. The van der Waals surface area contributed by atoms with Crippen molar-refractivity contribution < 1.29 is 4.39 Å². The standard InChI is InChI=1S/C25H22FN5S/c1-17-14-19(9-10-20(17)26)31-24(23(29-25(31)32)21-7-2-3-12-28-21)22-8-5-13-30(22)16-18-6-4-11-27-15-18/h2-15,23-24H,16H2,1H3,(H,29,32)/t23-,24-/m1/s1. The maximum absolute atomic E-state index is 14.0. The Balaban J connectivity index is 1.61. The van der Waals surface area contributed by atoms with E-state index in [9.17, 15) is 4.39 Å². The second-order valence-corrected chi connectivity index (χ2v) is 8.24. The van der Waals surface area contributed by atoms with Gasteiger partial charge in [-0.1, -0.05) is 12.1 Å². The average Bonchev–Trinajstić information content (AvgIpc) is 3.40. The molecule has 1 N–H and O–H groups in total. The molecule has 0 radical (unpaired) electrons. The van der Waals surface area contributed by atoms with E-state index in [2.05, 4.69) is 43.1 Å². The number of anilines is 1. The number of pyridine rings is 2. The van der Waals surface area contributed by atoms with E-state index in [4.69, 9.17) is 12.2 Å². The molecule has 1 fully saturated rings. The van der Waals surface area contributed by atoms with E-state index in [0.717, 1.165) is 22.6 Å². The van der Waals surface area contributed by atoms with Crippen LogP contribution in [0.3, 0.4) is 0 Å². The van der Waals surface area contributed by atoms with E-state index in [1.165, 1.54) is 6.07 Å². The molecule has 7 heteroatoms. The predicted octanol–water partition coefficient (Wildman–Crippen LogP) is 4.95. The van der Waals surface area contributed by atoms with Crippen molar-refractivity contribution in [1.29, 1.82) is 0 Å². The van der Waals surface area contributed by atoms with E-state index in [1.807, 2.05) is 42.6 Å². The third-order valence-electron chi connectivity index (χ3n) is 5.76. The number of nitrogens with one attached hydrogen (secondary N) is 1. The molecule has 2 atom stereocenters. The van der Waals surface area contributed by atoms with Gasteiger partial charge in [0.25, 0.3) is 0 Å². The molecule has 1 aliphatic heterocycles. The van der Waals surface area contributed by atoms with Crippen molar-refractivity contribution in [2.24, 2.45) is 0 Å². The summed E-state index contributed by atoms with van der Waals surface area (Å²) in [5.74, 6) is -0.232. The van der Waals surface area contributed by atoms with Crippen LogP contribution in [-0.2, 0) is 6.54 Å². The average molecular weight is 444 g/mol. The lowest BCUT2D eigenvalue weighted by atomic mass is 10.0. The van der Waals surface area contributed by atoms with Crippen LogP contribution in [-0.4, -0.2) is 19.6 Å². The molecule has 160 valence electrons. The van der Waals surface area contributed by atoms with Crippen molar-refractivity contribution in [3.05, 3.63) is 114 Å². The van der Waals surface area contributed by atoms with E-state index >= 15 is 0 Å². The van der Waals surface area contributed by atoms with E-state index in [-0.39, 0.29) is 17.9 Å². The van der Waals surface area contributed by atoms with Crippen molar-refractivity contribution >= 4 is 23.0 Å². The van der Waals surface area contributed by atoms with Crippen LogP contribution in [0.2, 0.25) is 0 Å². The van der Waals surface area contributed by atoms with Gasteiger partial charge in [0.05, 0.1) is 11.7 Å². The van der Waals surface area contributed by atoms with Crippen molar-refractivity contribution in [2.45, 2.75) is 25.6 Å². The molecular formula is C25H22FN5S. The van der Waals surface area contributed by atoms with Crippen LogP contribution < -0.4 is 10.2 Å². The molecule has 0 amide bonds.